The van der Waals surface area contributed by atoms with Crippen LogP contribution in [0.15, 0.2) is 54.6 Å². The van der Waals surface area contributed by atoms with Gasteiger partial charge in [0.15, 0.2) is 0 Å². The van der Waals surface area contributed by atoms with Crippen LogP contribution in [0.5, 0.6) is 5.75 Å². The highest BCUT2D eigenvalue weighted by Gasteiger charge is 1.97. The maximum Gasteiger partial charge on any atom is 0.330 e. The van der Waals surface area contributed by atoms with E-state index in [1.807, 2.05) is 24.3 Å². The molecule has 0 heterocycles. The molecule has 2 aromatic rings. The maximum atomic E-state index is 12.8. The molecule has 0 saturated carbocycles. The Kier molecular flexibility index (Phi) is 6.83. The van der Waals surface area contributed by atoms with Crippen LogP contribution in [0.1, 0.15) is 12.5 Å². The van der Waals surface area contributed by atoms with Gasteiger partial charge in [0.05, 0.1) is 6.61 Å². The molecule has 0 aliphatic rings. The van der Waals surface area contributed by atoms with E-state index in [-0.39, 0.29) is 11.8 Å². The van der Waals surface area contributed by atoms with Gasteiger partial charge in [-0.15, -0.1) is 0 Å². The molecular formula is C19H20FNO3. The molecule has 0 amide bonds. The van der Waals surface area contributed by atoms with Gasteiger partial charge in [0.2, 0.25) is 0 Å². The van der Waals surface area contributed by atoms with Gasteiger partial charge in [0, 0.05) is 18.3 Å². The lowest BCUT2D eigenvalue weighted by Crippen LogP contribution is -2.11. The smallest absolute Gasteiger partial charge is 0.330 e. The number of benzene rings is 2. The molecule has 4 nitrogen and oxygen atoms in total. The number of carbonyl (C=O) groups is 1. The summed E-state index contributed by atoms with van der Waals surface area (Å²) in [6, 6.07) is 13.6. The van der Waals surface area contributed by atoms with E-state index in [0.717, 1.165) is 11.3 Å². The fourth-order valence-corrected chi connectivity index (χ4v) is 1.96. The summed E-state index contributed by atoms with van der Waals surface area (Å²) in [5.41, 5.74) is 1.86. The summed E-state index contributed by atoms with van der Waals surface area (Å²) < 4.78 is 23.1. The van der Waals surface area contributed by atoms with Gasteiger partial charge in [0.1, 0.15) is 18.2 Å². The zero-order chi connectivity index (χ0) is 17.2. The van der Waals surface area contributed by atoms with Crippen LogP contribution in [0.25, 0.3) is 6.08 Å². The highest BCUT2D eigenvalue weighted by atomic mass is 19.1. The molecule has 1 N–H and O–H groups in total. The lowest BCUT2D eigenvalue weighted by Gasteiger charge is -2.08. The minimum Gasteiger partial charge on any atom is -0.492 e. The Bertz CT molecular complexity index is 666. The van der Waals surface area contributed by atoms with Crippen LogP contribution in [0.2, 0.25) is 0 Å². The lowest BCUT2D eigenvalue weighted by atomic mass is 10.2. The Morgan fingerprint density at radius 2 is 1.83 bits per heavy atom. The van der Waals surface area contributed by atoms with Crippen molar-refractivity contribution < 1.29 is 18.7 Å². The maximum absolute atomic E-state index is 12.8. The summed E-state index contributed by atoms with van der Waals surface area (Å²) in [4.78, 5) is 11.2. The highest BCUT2D eigenvalue weighted by Crippen LogP contribution is 2.12. The van der Waals surface area contributed by atoms with Gasteiger partial charge in [-0.25, -0.2) is 9.18 Å². The molecule has 0 spiro atoms. The van der Waals surface area contributed by atoms with Crippen LogP contribution in [-0.2, 0) is 9.53 Å². The zero-order valence-electron chi connectivity index (χ0n) is 13.5. The van der Waals surface area contributed by atoms with Crippen molar-refractivity contribution in [1.82, 2.24) is 0 Å². The fraction of sp³-hybridized carbons (Fsp3) is 0.211. The normalized spacial score (nSPS) is 10.6. The van der Waals surface area contributed by atoms with Crippen molar-refractivity contribution >= 4 is 17.7 Å². The Morgan fingerprint density at radius 3 is 2.50 bits per heavy atom. The first-order valence-electron chi connectivity index (χ1n) is 7.74. The molecule has 126 valence electrons. The molecular weight excluding hydrogens is 309 g/mol. The number of carbonyl (C=O) groups excluding carboxylic acids is 1. The van der Waals surface area contributed by atoms with Gasteiger partial charge in [-0.2, -0.15) is 0 Å². The molecule has 0 atom stereocenters. The minimum atomic E-state index is -0.349. The molecule has 0 radical (unpaired) electrons. The first kappa shape index (κ1) is 17.5. The van der Waals surface area contributed by atoms with Crippen LogP contribution in [0, 0.1) is 5.82 Å². The molecule has 2 aromatic carbocycles. The Labute approximate surface area is 140 Å². The summed E-state index contributed by atoms with van der Waals surface area (Å²) in [6.45, 7) is 3.23. The number of ether oxygens (including phenoxy) is 2. The number of halogens is 1. The van der Waals surface area contributed by atoms with Crippen molar-refractivity contribution in [3.05, 3.63) is 66.0 Å². The van der Waals surface area contributed by atoms with Gasteiger partial charge in [-0.1, -0.05) is 12.1 Å². The Balaban J connectivity index is 1.73. The van der Waals surface area contributed by atoms with Gasteiger partial charge >= 0.3 is 5.97 Å². The van der Waals surface area contributed by atoms with E-state index in [9.17, 15) is 9.18 Å². The quantitative estimate of drug-likeness (QED) is 0.453. The molecule has 0 saturated heterocycles. The molecule has 0 aromatic heterocycles. The lowest BCUT2D eigenvalue weighted by molar-refractivity contribution is -0.137. The van der Waals surface area contributed by atoms with Gasteiger partial charge in [0.25, 0.3) is 0 Å². The van der Waals surface area contributed by atoms with E-state index in [4.69, 9.17) is 9.47 Å². The first-order chi connectivity index (χ1) is 11.7. The number of anilines is 1. The number of nitrogens with one attached hydrogen (secondary N) is 1. The standard InChI is InChI=1S/C19H20FNO3/c1-2-23-19(22)12-5-15-3-8-17(9-4-15)21-13-14-24-18-10-6-16(20)7-11-18/h3-12,21H,2,13-14H2,1H3. The van der Waals surface area contributed by atoms with Crippen molar-refractivity contribution in [3.63, 3.8) is 0 Å². The summed E-state index contributed by atoms with van der Waals surface area (Å²) in [6.07, 6.45) is 3.11. The second-order valence-electron chi connectivity index (χ2n) is 4.94. The van der Waals surface area contributed by atoms with E-state index < -0.39 is 0 Å². The minimum absolute atomic E-state index is 0.280. The fourth-order valence-electron chi connectivity index (χ4n) is 1.96. The number of hydrogen-bond acceptors (Lipinski definition) is 4. The third-order valence-corrected chi connectivity index (χ3v) is 3.12. The van der Waals surface area contributed by atoms with Gasteiger partial charge in [-0.3, -0.25) is 0 Å². The highest BCUT2D eigenvalue weighted by molar-refractivity contribution is 5.87. The van der Waals surface area contributed by atoms with Gasteiger partial charge < -0.3 is 14.8 Å². The number of rotatable bonds is 8. The number of esters is 1. The van der Waals surface area contributed by atoms with E-state index in [1.165, 1.54) is 18.2 Å². The molecule has 0 fully saturated rings. The van der Waals surface area contributed by atoms with Crippen molar-refractivity contribution in [2.24, 2.45) is 0 Å². The molecule has 0 bridgehead atoms. The van der Waals surface area contributed by atoms with E-state index in [1.54, 1.807) is 25.1 Å². The van der Waals surface area contributed by atoms with Crippen LogP contribution in [-0.4, -0.2) is 25.7 Å². The predicted octanol–water partition coefficient (Wildman–Crippen LogP) is 3.89. The van der Waals surface area contributed by atoms with Crippen LogP contribution in [0.4, 0.5) is 10.1 Å². The average molecular weight is 329 g/mol. The zero-order valence-corrected chi connectivity index (χ0v) is 13.5. The molecule has 0 unspecified atom stereocenters. The summed E-state index contributed by atoms with van der Waals surface area (Å²) >= 11 is 0. The third kappa shape index (κ3) is 6.12. The number of hydrogen-bond donors (Lipinski definition) is 1. The summed E-state index contributed by atoms with van der Waals surface area (Å²) in [5, 5.41) is 3.22. The largest absolute Gasteiger partial charge is 0.492 e. The Morgan fingerprint density at radius 1 is 1.12 bits per heavy atom. The predicted molar refractivity (Wildman–Crippen MR) is 92.5 cm³/mol. The molecule has 0 aliphatic heterocycles. The van der Waals surface area contributed by atoms with Crippen molar-refractivity contribution in [2.75, 3.05) is 25.1 Å². The van der Waals surface area contributed by atoms with Gasteiger partial charge in [-0.05, 0) is 55.0 Å². The molecule has 0 aliphatic carbocycles. The van der Waals surface area contributed by atoms with Crippen LogP contribution >= 0.6 is 0 Å². The second kappa shape index (κ2) is 9.35. The van der Waals surface area contributed by atoms with E-state index in [2.05, 4.69) is 5.32 Å². The average Bonchev–Trinajstić information content (AvgIpc) is 2.60. The van der Waals surface area contributed by atoms with Crippen molar-refractivity contribution in [3.8, 4) is 5.75 Å². The summed E-state index contributed by atoms with van der Waals surface area (Å²) in [7, 11) is 0. The Hall–Kier alpha value is -2.82. The van der Waals surface area contributed by atoms with Crippen LogP contribution < -0.4 is 10.1 Å². The first-order valence-corrected chi connectivity index (χ1v) is 7.74. The van der Waals surface area contributed by atoms with E-state index in [0.29, 0.717) is 25.5 Å². The third-order valence-electron chi connectivity index (χ3n) is 3.12. The molecule has 24 heavy (non-hydrogen) atoms. The molecule has 2 rings (SSSR count). The topological polar surface area (TPSA) is 47.6 Å². The van der Waals surface area contributed by atoms with Crippen LogP contribution in [0.3, 0.4) is 0 Å². The second-order valence-corrected chi connectivity index (χ2v) is 4.94. The summed E-state index contributed by atoms with van der Waals surface area (Å²) in [5.74, 6) is 0.00728. The monoisotopic (exact) mass is 329 g/mol. The molecule has 5 heteroatoms. The van der Waals surface area contributed by atoms with Crippen molar-refractivity contribution in [2.45, 2.75) is 6.92 Å². The SMILES string of the molecule is CCOC(=O)C=Cc1ccc(NCCOc2ccc(F)cc2)cc1. The van der Waals surface area contributed by atoms with E-state index >= 15 is 0 Å². The van der Waals surface area contributed by atoms with Crippen molar-refractivity contribution in [1.29, 1.82) is 0 Å².